The van der Waals surface area contributed by atoms with Crippen LogP contribution in [0.2, 0.25) is 0 Å². The van der Waals surface area contributed by atoms with Gasteiger partial charge in [0.25, 0.3) is 0 Å². The second-order valence-electron chi connectivity index (χ2n) is 8.02. The molecule has 2 N–H and O–H groups in total. The third kappa shape index (κ3) is 4.35. The number of rotatable bonds is 5. The first-order valence-corrected chi connectivity index (χ1v) is 11.2. The normalized spacial score (nSPS) is 11.3. The number of benzene rings is 5. The summed E-state index contributed by atoms with van der Waals surface area (Å²) in [4.78, 5) is 0. The van der Waals surface area contributed by atoms with Crippen molar-refractivity contribution in [3.63, 3.8) is 0 Å². The van der Waals surface area contributed by atoms with Crippen molar-refractivity contribution in [2.24, 2.45) is 0 Å². The zero-order valence-corrected chi connectivity index (χ0v) is 18.4. The minimum Gasteiger partial charge on any atom is -0.398 e. The number of nitrogen functional groups attached to an aromatic ring is 1. The minimum absolute atomic E-state index is 0.786. The molecule has 0 aromatic heterocycles. The van der Waals surface area contributed by atoms with Gasteiger partial charge in [0.2, 0.25) is 0 Å². The van der Waals surface area contributed by atoms with Gasteiger partial charge in [0, 0.05) is 16.8 Å². The molecule has 5 aromatic carbocycles. The van der Waals surface area contributed by atoms with Crippen molar-refractivity contribution in [2.45, 2.75) is 0 Å². The molecular formula is C32H25N. The Hall–Kier alpha value is -4.36. The Balaban J connectivity index is 1.78. The van der Waals surface area contributed by atoms with Crippen molar-refractivity contribution < 1.29 is 0 Å². The van der Waals surface area contributed by atoms with Crippen LogP contribution in [0.4, 0.5) is 5.69 Å². The Labute approximate surface area is 195 Å². The first kappa shape index (κ1) is 20.5. The molecule has 1 nitrogen and oxygen atoms in total. The van der Waals surface area contributed by atoms with E-state index in [9.17, 15) is 0 Å². The Morgan fingerprint density at radius 1 is 0.515 bits per heavy atom. The molecular weight excluding hydrogens is 398 g/mol. The van der Waals surface area contributed by atoms with Gasteiger partial charge in [-0.2, -0.15) is 0 Å². The van der Waals surface area contributed by atoms with E-state index in [2.05, 4.69) is 115 Å². The first-order valence-electron chi connectivity index (χ1n) is 11.2. The van der Waals surface area contributed by atoms with Crippen LogP contribution < -0.4 is 5.73 Å². The van der Waals surface area contributed by atoms with Gasteiger partial charge in [-0.15, -0.1) is 0 Å². The number of anilines is 1. The maximum atomic E-state index is 7.00. The molecule has 0 heterocycles. The number of nitrogens with two attached hydrogens (primary N) is 1. The van der Waals surface area contributed by atoms with Crippen LogP contribution in [0.25, 0.3) is 33.9 Å². The van der Waals surface area contributed by atoms with Crippen LogP contribution in [-0.4, -0.2) is 0 Å². The van der Waals surface area contributed by atoms with Crippen LogP contribution in [0, 0.1) is 0 Å². The second kappa shape index (κ2) is 9.42. The molecule has 0 aliphatic carbocycles. The van der Waals surface area contributed by atoms with Crippen molar-refractivity contribution in [1.82, 2.24) is 0 Å². The maximum absolute atomic E-state index is 7.00. The third-order valence-corrected chi connectivity index (χ3v) is 5.88. The summed E-state index contributed by atoms with van der Waals surface area (Å²) in [6.07, 6.45) is 2.22. The average Bonchev–Trinajstić information content (AvgIpc) is 2.89. The predicted octanol–water partition coefficient (Wildman–Crippen LogP) is 8.19. The smallest absolute Gasteiger partial charge is 0.0479 e. The lowest BCUT2D eigenvalue weighted by atomic mass is 9.86. The van der Waals surface area contributed by atoms with E-state index in [1.165, 1.54) is 0 Å². The van der Waals surface area contributed by atoms with E-state index < -0.39 is 0 Å². The summed E-state index contributed by atoms with van der Waals surface area (Å²) in [5.41, 5.74) is 16.7. The Morgan fingerprint density at radius 2 is 1.03 bits per heavy atom. The summed E-state index contributed by atoms with van der Waals surface area (Å²) in [5.74, 6) is 0. The Bertz CT molecular complexity index is 1370. The minimum atomic E-state index is 0.786. The SMILES string of the molecule is Nc1c(C(=Cc2ccccc2)c2ccccc2)ccc(-c2ccccc2)c1-c1ccccc1. The third-order valence-electron chi connectivity index (χ3n) is 5.88. The van der Waals surface area contributed by atoms with Gasteiger partial charge in [0.1, 0.15) is 0 Å². The summed E-state index contributed by atoms with van der Waals surface area (Å²) < 4.78 is 0. The van der Waals surface area contributed by atoms with Crippen molar-refractivity contribution >= 4 is 17.3 Å². The van der Waals surface area contributed by atoms with Gasteiger partial charge < -0.3 is 5.73 Å². The quantitative estimate of drug-likeness (QED) is 0.224. The van der Waals surface area contributed by atoms with Crippen molar-refractivity contribution in [1.29, 1.82) is 0 Å². The van der Waals surface area contributed by atoms with Crippen molar-refractivity contribution in [3.05, 3.63) is 150 Å². The molecule has 158 valence electrons. The van der Waals surface area contributed by atoms with Gasteiger partial charge in [0.15, 0.2) is 0 Å². The van der Waals surface area contributed by atoms with Gasteiger partial charge in [-0.05, 0) is 39.5 Å². The standard InChI is InChI=1S/C32H25N/c33-32-29(30(26-17-9-3-10-18-26)23-24-13-5-1-6-14-24)22-21-28(25-15-7-2-8-16-25)31(32)27-19-11-4-12-20-27/h1-23H,33H2. The summed E-state index contributed by atoms with van der Waals surface area (Å²) in [6, 6.07) is 46.1. The van der Waals surface area contributed by atoms with Crippen molar-refractivity contribution in [3.8, 4) is 22.3 Å². The molecule has 0 atom stereocenters. The molecule has 0 saturated heterocycles. The predicted molar refractivity (Wildman–Crippen MR) is 142 cm³/mol. The highest BCUT2D eigenvalue weighted by molar-refractivity contribution is 6.02. The zero-order chi connectivity index (χ0) is 22.5. The van der Waals surface area contributed by atoms with E-state index >= 15 is 0 Å². The molecule has 0 spiro atoms. The lowest BCUT2D eigenvalue weighted by Gasteiger charge is -2.19. The van der Waals surface area contributed by atoms with Gasteiger partial charge in [-0.25, -0.2) is 0 Å². The molecule has 0 saturated carbocycles. The van der Waals surface area contributed by atoms with E-state index in [1.807, 2.05) is 24.3 Å². The first-order chi connectivity index (χ1) is 16.3. The molecule has 0 radical (unpaired) electrons. The van der Waals surface area contributed by atoms with Crippen molar-refractivity contribution in [2.75, 3.05) is 5.73 Å². The van der Waals surface area contributed by atoms with Gasteiger partial charge in [0.05, 0.1) is 0 Å². The van der Waals surface area contributed by atoms with E-state index in [0.29, 0.717) is 0 Å². The van der Waals surface area contributed by atoms with E-state index in [4.69, 9.17) is 5.73 Å². The van der Waals surface area contributed by atoms with Crippen LogP contribution >= 0.6 is 0 Å². The average molecular weight is 424 g/mol. The zero-order valence-electron chi connectivity index (χ0n) is 18.4. The summed E-state index contributed by atoms with van der Waals surface area (Å²) in [7, 11) is 0. The van der Waals surface area contributed by atoms with Gasteiger partial charge in [-0.1, -0.05) is 133 Å². The molecule has 5 rings (SSSR count). The highest BCUT2D eigenvalue weighted by Crippen LogP contribution is 2.42. The van der Waals surface area contributed by atoms with Gasteiger partial charge in [-0.3, -0.25) is 0 Å². The molecule has 5 aromatic rings. The molecule has 0 aliphatic heterocycles. The van der Waals surface area contributed by atoms with Gasteiger partial charge >= 0.3 is 0 Å². The van der Waals surface area contributed by atoms with E-state index in [0.717, 1.165) is 50.2 Å². The van der Waals surface area contributed by atoms with Crippen LogP contribution in [0.5, 0.6) is 0 Å². The highest BCUT2D eigenvalue weighted by atomic mass is 14.6. The molecule has 33 heavy (non-hydrogen) atoms. The maximum Gasteiger partial charge on any atom is 0.0479 e. The summed E-state index contributed by atoms with van der Waals surface area (Å²) in [6.45, 7) is 0. The van der Waals surface area contributed by atoms with E-state index in [1.54, 1.807) is 0 Å². The topological polar surface area (TPSA) is 26.0 Å². The Morgan fingerprint density at radius 3 is 1.64 bits per heavy atom. The molecule has 0 bridgehead atoms. The summed E-state index contributed by atoms with van der Waals surface area (Å²) in [5, 5.41) is 0. The second-order valence-corrected chi connectivity index (χ2v) is 8.02. The number of hydrogen-bond donors (Lipinski definition) is 1. The fourth-order valence-electron chi connectivity index (χ4n) is 4.28. The largest absolute Gasteiger partial charge is 0.398 e. The Kier molecular flexibility index (Phi) is 5.86. The molecule has 0 unspecified atom stereocenters. The van der Waals surface area contributed by atoms with E-state index in [-0.39, 0.29) is 0 Å². The van der Waals surface area contributed by atoms with Crippen LogP contribution in [-0.2, 0) is 0 Å². The van der Waals surface area contributed by atoms with Crippen LogP contribution in [0.15, 0.2) is 133 Å². The lowest BCUT2D eigenvalue weighted by Crippen LogP contribution is -2.00. The van der Waals surface area contributed by atoms with Crippen LogP contribution in [0.1, 0.15) is 16.7 Å². The molecule has 0 fully saturated rings. The monoisotopic (exact) mass is 423 g/mol. The fraction of sp³-hybridized carbons (Fsp3) is 0. The molecule has 1 heteroatoms. The summed E-state index contributed by atoms with van der Waals surface area (Å²) >= 11 is 0. The number of hydrogen-bond acceptors (Lipinski definition) is 1. The fourth-order valence-corrected chi connectivity index (χ4v) is 4.28. The highest BCUT2D eigenvalue weighted by Gasteiger charge is 2.17. The van der Waals surface area contributed by atoms with Crippen LogP contribution in [0.3, 0.4) is 0 Å². The molecule has 0 amide bonds. The molecule has 0 aliphatic rings. The lowest BCUT2D eigenvalue weighted by molar-refractivity contribution is 1.52.